The number of allylic oxidation sites excluding steroid dienone is 1. The van der Waals surface area contributed by atoms with E-state index < -0.39 is 22.4 Å². The summed E-state index contributed by atoms with van der Waals surface area (Å²) in [5.74, 6) is -0.996. The summed E-state index contributed by atoms with van der Waals surface area (Å²) in [4.78, 5) is 11.3. The molecule has 118 valence electrons. The van der Waals surface area contributed by atoms with Crippen LogP contribution in [0.2, 0.25) is 0 Å². The summed E-state index contributed by atoms with van der Waals surface area (Å²) in [5.41, 5.74) is 0. The van der Waals surface area contributed by atoms with Crippen molar-refractivity contribution < 1.29 is 27.8 Å². The van der Waals surface area contributed by atoms with Gasteiger partial charge in [0.25, 0.3) is 0 Å². The van der Waals surface area contributed by atoms with Gasteiger partial charge in [-0.05, 0) is 20.3 Å². The minimum Gasteiger partial charge on any atom is -0.499 e. The van der Waals surface area contributed by atoms with Crippen LogP contribution in [0.3, 0.4) is 0 Å². The lowest BCUT2D eigenvalue weighted by atomic mass is 10.0. The predicted molar refractivity (Wildman–Crippen MR) is 75.9 cm³/mol. The monoisotopic (exact) mass is 308 g/mol. The molecule has 0 spiro atoms. The number of aliphatic hydroxyl groups is 1. The fourth-order valence-electron chi connectivity index (χ4n) is 1.69. The van der Waals surface area contributed by atoms with Crippen LogP contribution in [0.25, 0.3) is 0 Å². The zero-order valence-electron chi connectivity index (χ0n) is 12.1. The van der Waals surface area contributed by atoms with Crippen molar-refractivity contribution in [1.82, 2.24) is 0 Å². The molecule has 0 heterocycles. The smallest absolute Gasteiger partial charge is 0.305 e. The second-order valence-corrected chi connectivity index (χ2v) is 6.51. The molecule has 0 aliphatic rings. The van der Waals surface area contributed by atoms with Crippen molar-refractivity contribution >= 4 is 15.8 Å². The van der Waals surface area contributed by atoms with Gasteiger partial charge in [-0.1, -0.05) is 6.58 Å². The summed E-state index contributed by atoms with van der Waals surface area (Å²) < 4.78 is 33.6. The molecule has 0 aromatic carbocycles. The summed E-state index contributed by atoms with van der Waals surface area (Å²) in [6.07, 6.45) is 0.404. The fraction of sp³-hybridized carbons (Fsp3) is 0.769. The molecule has 1 N–H and O–H groups in total. The Bertz CT molecular complexity index is 401. The van der Waals surface area contributed by atoms with Crippen LogP contribution in [0.5, 0.6) is 0 Å². The van der Waals surface area contributed by atoms with E-state index in [2.05, 4.69) is 6.58 Å². The van der Waals surface area contributed by atoms with Crippen molar-refractivity contribution in [2.45, 2.75) is 26.7 Å². The Morgan fingerprint density at radius 2 is 1.85 bits per heavy atom. The van der Waals surface area contributed by atoms with E-state index in [1.807, 2.05) is 0 Å². The highest BCUT2D eigenvalue weighted by Gasteiger charge is 2.23. The van der Waals surface area contributed by atoms with Gasteiger partial charge in [0, 0.05) is 12.3 Å². The number of esters is 1. The molecule has 20 heavy (non-hydrogen) atoms. The van der Waals surface area contributed by atoms with Crippen molar-refractivity contribution in [3.8, 4) is 0 Å². The molecule has 0 aliphatic carbocycles. The second kappa shape index (κ2) is 9.77. The maximum atomic E-state index is 11.7. The molecule has 0 amide bonds. The normalized spacial score (nSPS) is 12.8. The van der Waals surface area contributed by atoms with E-state index in [0.717, 1.165) is 0 Å². The Morgan fingerprint density at radius 3 is 2.35 bits per heavy atom. The van der Waals surface area contributed by atoms with Crippen LogP contribution in [0.15, 0.2) is 12.3 Å². The lowest BCUT2D eigenvalue weighted by molar-refractivity contribution is -0.143. The fourth-order valence-corrected chi connectivity index (χ4v) is 3.11. The van der Waals surface area contributed by atoms with E-state index in [-0.39, 0.29) is 23.9 Å². The minimum absolute atomic E-state index is 0.110. The van der Waals surface area contributed by atoms with E-state index in [9.17, 15) is 13.2 Å². The molecular weight excluding hydrogens is 284 g/mol. The van der Waals surface area contributed by atoms with Crippen molar-refractivity contribution in [2.75, 3.05) is 31.3 Å². The lowest BCUT2D eigenvalue weighted by Gasteiger charge is -2.19. The third kappa shape index (κ3) is 8.16. The number of carbonyl (C=O) groups is 1. The highest BCUT2D eigenvalue weighted by molar-refractivity contribution is 7.91. The van der Waals surface area contributed by atoms with E-state index in [0.29, 0.717) is 25.4 Å². The van der Waals surface area contributed by atoms with Gasteiger partial charge in [0.15, 0.2) is 9.84 Å². The van der Waals surface area contributed by atoms with Gasteiger partial charge in [0.1, 0.15) is 0 Å². The largest absolute Gasteiger partial charge is 0.499 e. The first-order valence-electron chi connectivity index (χ1n) is 6.64. The minimum atomic E-state index is -3.40. The van der Waals surface area contributed by atoms with Crippen molar-refractivity contribution in [1.29, 1.82) is 0 Å². The number of hydrogen-bond donors (Lipinski definition) is 1. The SMILES string of the molecule is C=C(OCC)C(CCC(=O)OCC)CS(=O)(=O)CCO. The molecule has 0 saturated carbocycles. The molecule has 0 radical (unpaired) electrons. The van der Waals surface area contributed by atoms with Crippen molar-refractivity contribution in [3.63, 3.8) is 0 Å². The molecule has 0 saturated heterocycles. The standard InChI is InChI=1S/C13H24O6S/c1-4-18-11(3)12(6-7-13(15)19-5-2)10-20(16,17)9-8-14/h12,14H,3-10H2,1-2H3. The van der Waals surface area contributed by atoms with Crippen molar-refractivity contribution in [3.05, 3.63) is 12.3 Å². The van der Waals surface area contributed by atoms with Crippen LogP contribution in [0, 0.1) is 5.92 Å². The van der Waals surface area contributed by atoms with Gasteiger partial charge in [-0.2, -0.15) is 0 Å². The van der Waals surface area contributed by atoms with Gasteiger partial charge in [-0.15, -0.1) is 0 Å². The molecule has 7 heteroatoms. The molecule has 0 rings (SSSR count). The van der Waals surface area contributed by atoms with Crippen LogP contribution in [0.1, 0.15) is 26.7 Å². The molecule has 0 fully saturated rings. The molecule has 0 aromatic rings. The maximum absolute atomic E-state index is 11.7. The summed E-state index contributed by atoms with van der Waals surface area (Å²) in [7, 11) is -3.40. The molecule has 0 aromatic heterocycles. The summed E-state index contributed by atoms with van der Waals surface area (Å²) >= 11 is 0. The number of ether oxygens (including phenoxy) is 2. The summed E-state index contributed by atoms with van der Waals surface area (Å²) in [6.45, 7) is 7.45. The molecular formula is C13H24O6S. The van der Waals surface area contributed by atoms with E-state index >= 15 is 0 Å². The molecule has 6 nitrogen and oxygen atoms in total. The number of aliphatic hydroxyl groups excluding tert-OH is 1. The Balaban J connectivity index is 4.65. The first-order valence-corrected chi connectivity index (χ1v) is 8.46. The van der Waals surface area contributed by atoms with Gasteiger partial charge in [-0.25, -0.2) is 8.42 Å². The third-order valence-electron chi connectivity index (χ3n) is 2.64. The number of rotatable bonds is 11. The maximum Gasteiger partial charge on any atom is 0.305 e. The third-order valence-corrected chi connectivity index (χ3v) is 4.36. The summed E-state index contributed by atoms with van der Waals surface area (Å²) in [5, 5.41) is 8.74. The lowest BCUT2D eigenvalue weighted by Crippen LogP contribution is -2.23. The first kappa shape index (κ1) is 18.9. The van der Waals surface area contributed by atoms with Crippen LogP contribution in [0.4, 0.5) is 0 Å². The van der Waals surface area contributed by atoms with Crippen molar-refractivity contribution in [2.24, 2.45) is 5.92 Å². The van der Waals surface area contributed by atoms with Crippen LogP contribution < -0.4 is 0 Å². The van der Waals surface area contributed by atoms with Crippen LogP contribution in [-0.4, -0.2) is 50.8 Å². The quantitative estimate of drug-likeness (QED) is 0.450. The highest BCUT2D eigenvalue weighted by atomic mass is 32.2. The number of hydrogen-bond acceptors (Lipinski definition) is 6. The molecule has 0 aliphatic heterocycles. The second-order valence-electron chi connectivity index (χ2n) is 4.28. The predicted octanol–water partition coefficient (Wildman–Crippen LogP) is 0.903. The van der Waals surface area contributed by atoms with E-state index in [4.69, 9.17) is 14.6 Å². The highest BCUT2D eigenvalue weighted by Crippen LogP contribution is 2.20. The molecule has 1 atom stereocenters. The van der Waals surface area contributed by atoms with Gasteiger partial charge in [0.2, 0.25) is 0 Å². The van der Waals surface area contributed by atoms with Gasteiger partial charge in [0.05, 0.1) is 37.1 Å². The van der Waals surface area contributed by atoms with Gasteiger partial charge < -0.3 is 14.6 Å². The van der Waals surface area contributed by atoms with Crippen LogP contribution in [-0.2, 0) is 24.1 Å². The zero-order valence-corrected chi connectivity index (χ0v) is 12.9. The average Bonchev–Trinajstić information content (AvgIpc) is 2.34. The van der Waals surface area contributed by atoms with Gasteiger partial charge in [-0.3, -0.25) is 4.79 Å². The summed E-state index contributed by atoms with van der Waals surface area (Å²) in [6, 6.07) is 0. The Kier molecular flexibility index (Phi) is 9.24. The molecule has 0 bridgehead atoms. The number of carbonyl (C=O) groups excluding carboxylic acids is 1. The Morgan fingerprint density at radius 1 is 1.25 bits per heavy atom. The molecule has 1 unspecified atom stereocenters. The topological polar surface area (TPSA) is 89.9 Å². The Labute approximate surface area is 120 Å². The number of sulfone groups is 1. The van der Waals surface area contributed by atoms with E-state index in [1.54, 1.807) is 13.8 Å². The average molecular weight is 308 g/mol. The zero-order chi connectivity index (χ0) is 15.6. The first-order chi connectivity index (χ1) is 9.36. The Hall–Kier alpha value is -1.08. The van der Waals surface area contributed by atoms with Crippen LogP contribution >= 0.6 is 0 Å². The van der Waals surface area contributed by atoms with Gasteiger partial charge >= 0.3 is 5.97 Å². The van der Waals surface area contributed by atoms with E-state index in [1.165, 1.54) is 0 Å².